The molecule has 0 fully saturated rings. The Balaban J connectivity index is 2.40. The molecular weight excluding hydrogens is 776 g/mol. The van der Waals surface area contributed by atoms with Gasteiger partial charge in [0.2, 0.25) is 0 Å². The third kappa shape index (κ3) is 30.3. The number of nitrogens with one attached hydrogen (secondary N) is 3. The molecule has 60 heavy (non-hydrogen) atoms. The number of rotatable bonds is 47. The summed E-state index contributed by atoms with van der Waals surface area (Å²) in [5.41, 5.74) is -0.119. The van der Waals surface area contributed by atoms with E-state index in [9.17, 15) is 18.9 Å². The molecule has 1 aromatic carbocycles. The van der Waals surface area contributed by atoms with Crippen LogP contribution < -0.4 is 26.6 Å². The Labute approximate surface area is 367 Å². The van der Waals surface area contributed by atoms with E-state index < -0.39 is 18.6 Å². The van der Waals surface area contributed by atoms with Crippen molar-refractivity contribution in [1.82, 2.24) is 9.99 Å². The van der Waals surface area contributed by atoms with Gasteiger partial charge in [-0.3, -0.25) is 23.4 Å². The minimum Gasteiger partial charge on any atom is -0.466 e. The number of unbranched alkanes of at least 4 members (excludes halogenated alkanes) is 24. The molecule has 1 unspecified atom stereocenters. The maximum Gasteiger partial charge on any atom is 0.405 e. The van der Waals surface area contributed by atoms with Gasteiger partial charge >= 0.3 is 13.7 Å². The van der Waals surface area contributed by atoms with Gasteiger partial charge in [-0.25, -0.2) is 9.65 Å². The summed E-state index contributed by atoms with van der Waals surface area (Å²) in [5, 5.41) is 9.14. The second kappa shape index (κ2) is 40.0. The minimum absolute atomic E-state index is 0.0740. The zero-order valence-corrected chi connectivity index (χ0v) is 40.2. The van der Waals surface area contributed by atoms with Crippen LogP contribution in [0.2, 0.25) is 0 Å². The molecule has 1 aromatic rings. The van der Waals surface area contributed by atoms with Gasteiger partial charge in [-0.2, -0.15) is 0 Å². The van der Waals surface area contributed by atoms with E-state index in [2.05, 4.69) is 41.4 Å². The molecule has 0 aromatic heterocycles. The summed E-state index contributed by atoms with van der Waals surface area (Å²) in [6.07, 6.45) is 34.7. The van der Waals surface area contributed by atoms with Crippen molar-refractivity contribution in [2.75, 3.05) is 70.2 Å². The van der Waals surface area contributed by atoms with Crippen LogP contribution in [0.1, 0.15) is 220 Å². The fraction of sp³-hybridized carbons (Fsp3) is 0.896. The molecule has 0 heterocycles. The Morgan fingerprint density at radius 2 is 0.917 bits per heavy atom. The summed E-state index contributed by atoms with van der Waals surface area (Å²) in [6, 6.07) is 0. The zero-order valence-electron chi connectivity index (χ0n) is 39.3. The highest BCUT2D eigenvalue weighted by molar-refractivity contribution is 7.51. The molecule has 0 amide bonds. The van der Waals surface area contributed by atoms with Crippen molar-refractivity contribution in [3.05, 3.63) is 20.4 Å². The van der Waals surface area contributed by atoms with Crippen LogP contribution in [0, 0.1) is 0 Å². The first-order chi connectivity index (χ1) is 29.3. The first kappa shape index (κ1) is 56.2. The highest BCUT2D eigenvalue weighted by Gasteiger charge is 2.24. The van der Waals surface area contributed by atoms with Gasteiger partial charge in [-0.05, 0) is 71.0 Å². The third-order valence-corrected chi connectivity index (χ3v) is 13.1. The lowest BCUT2D eigenvalue weighted by Gasteiger charge is -2.23. The van der Waals surface area contributed by atoms with Crippen molar-refractivity contribution in [2.45, 2.75) is 220 Å². The molecule has 0 saturated carbocycles. The molecule has 12 heteroatoms. The summed E-state index contributed by atoms with van der Waals surface area (Å²) in [7, 11) is -1.65. The number of nitrogens with zero attached hydrogens (tertiary/aromatic N) is 1. The molecule has 0 aliphatic heterocycles. The van der Waals surface area contributed by atoms with Gasteiger partial charge in [-0.1, -0.05) is 162 Å². The van der Waals surface area contributed by atoms with Gasteiger partial charge in [0.15, 0.2) is 0 Å². The van der Waals surface area contributed by atoms with Crippen LogP contribution >= 0.6 is 7.75 Å². The largest absolute Gasteiger partial charge is 0.466 e. The lowest BCUT2D eigenvalue weighted by atomic mass is 10.1. The zero-order chi connectivity index (χ0) is 43.8. The lowest BCUT2D eigenvalue weighted by Crippen LogP contribution is -2.37. The van der Waals surface area contributed by atoms with Crippen LogP contribution in [0.3, 0.4) is 0 Å². The van der Waals surface area contributed by atoms with Gasteiger partial charge in [0.1, 0.15) is 11.4 Å². The van der Waals surface area contributed by atoms with Crippen molar-refractivity contribution in [3.63, 3.8) is 0 Å². The molecule has 1 atom stereocenters. The van der Waals surface area contributed by atoms with Gasteiger partial charge < -0.3 is 20.3 Å². The Morgan fingerprint density at radius 1 is 0.500 bits per heavy atom. The number of hydrogen-bond donors (Lipinski definition) is 3. The van der Waals surface area contributed by atoms with Crippen molar-refractivity contribution < 1.29 is 23.1 Å². The Morgan fingerprint density at radius 3 is 1.43 bits per heavy atom. The number of esters is 1. The van der Waals surface area contributed by atoms with E-state index in [0.29, 0.717) is 50.7 Å². The molecule has 0 radical (unpaired) electrons. The number of carbonyl (C=O) groups is 1. The summed E-state index contributed by atoms with van der Waals surface area (Å²) in [6.45, 7) is 12.3. The molecule has 0 aliphatic rings. The van der Waals surface area contributed by atoms with E-state index in [1.807, 2.05) is 0 Å². The molecule has 0 aliphatic carbocycles. The highest BCUT2D eigenvalue weighted by atomic mass is 31.2. The molecular formula is C48H93N4O7P. The van der Waals surface area contributed by atoms with Crippen LogP contribution in [0.25, 0.3) is 0 Å². The predicted octanol–water partition coefficient (Wildman–Crippen LogP) is 12.5. The van der Waals surface area contributed by atoms with Crippen LogP contribution in [-0.2, 0) is 23.1 Å². The molecule has 0 spiro atoms. The number of hydrogen-bond acceptors (Lipinski definition) is 10. The normalized spacial score (nSPS) is 12.7. The SMILES string of the molecule is CCCCCCCCCCCOC(=O)CCCCCN(CCCCCCCOP(=O)(NCCCCCCCC)OCCCCCCCC)CCCNc1c(NC)c(=O)c1=O. The fourth-order valence-corrected chi connectivity index (χ4v) is 9.00. The molecule has 352 valence electrons. The van der Waals surface area contributed by atoms with Crippen LogP contribution in [-0.4, -0.2) is 70.5 Å². The molecule has 0 bridgehead atoms. The first-order valence-corrected chi connectivity index (χ1v) is 26.6. The van der Waals surface area contributed by atoms with E-state index in [-0.39, 0.29) is 5.97 Å². The Bertz CT molecular complexity index is 1240. The average Bonchev–Trinajstić information content (AvgIpc) is 3.24. The minimum atomic E-state index is -3.31. The molecule has 3 N–H and O–H groups in total. The summed E-state index contributed by atoms with van der Waals surface area (Å²) in [4.78, 5) is 38.5. The van der Waals surface area contributed by atoms with Crippen LogP contribution in [0.5, 0.6) is 0 Å². The van der Waals surface area contributed by atoms with Crippen molar-refractivity contribution in [2.24, 2.45) is 0 Å². The molecule has 11 nitrogen and oxygen atoms in total. The fourth-order valence-electron chi connectivity index (χ4n) is 7.57. The van der Waals surface area contributed by atoms with Crippen LogP contribution in [0.4, 0.5) is 11.4 Å². The van der Waals surface area contributed by atoms with Crippen molar-refractivity contribution in [1.29, 1.82) is 0 Å². The second-order valence-corrected chi connectivity index (χ2v) is 18.8. The Kier molecular flexibility index (Phi) is 37.5. The van der Waals surface area contributed by atoms with Crippen molar-refractivity contribution >= 4 is 25.1 Å². The summed E-state index contributed by atoms with van der Waals surface area (Å²) < 4.78 is 30.9. The number of anilines is 2. The Hall–Kier alpha value is -1.78. The van der Waals surface area contributed by atoms with Gasteiger partial charge in [-0.15, -0.1) is 0 Å². The monoisotopic (exact) mass is 869 g/mol. The molecule has 1 rings (SSSR count). The number of carbonyl (C=O) groups excluding carboxylic acids is 1. The lowest BCUT2D eigenvalue weighted by molar-refractivity contribution is -0.143. The predicted molar refractivity (Wildman–Crippen MR) is 254 cm³/mol. The van der Waals surface area contributed by atoms with E-state index in [1.54, 1.807) is 7.05 Å². The first-order valence-electron chi connectivity index (χ1n) is 25.1. The highest BCUT2D eigenvalue weighted by Crippen LogP contribution is 2.44. The van der Waals surface area contributed by atoms with Gasteiger partial charge in [0.25, 0.3) is 10.9 Å². The smallest absolute Gasteiger partial charge is 0.405 e. The van der Waals surface area contributed by atoms with Crippen molar-refractivity contribution in [3.8, 4) is 0 Å². The van der Waals surface area contributed by atoms with E-state index in [4.69, 9.17) is 13.8 Å². The quantitative estimate of drug-likeness (QED) is 0.0250. The summed E-state index contributed by atoms with van der Waals surface area (Å²) in [5.74, 6) is -0.0740. The second-order valence-electron chi connectivity index (χ2n) is 17.0. The van der Waals surface area contributed by atoms with E-state index in [0.717, 1.165) is 116 Å². The van der Waals surface area contributed by atoms with Crippen LogP contribution in [0.15, 0.2) is 9.59 Å². The standard InChI is InChI=1S/C48H93N4O7P/c1-5-8-11-14-17-18-19-23-31-41-57-44(53)35-27-26-30-39-52(40-34-36-50-46-45(49-4)47(54)48(46)55)38-29-22-20-25-33-43-59-60(56,51-37-28-21-15-12-9-6-2)58-42-32-24-16-13-10-7-3/h49-50H,5-43H2,1-4H3,(H,51,56). The maximum atomic E-state index is 13.6. The summed E-state index contributed by atoms with van der Waals surface area (Å²) >= 11 is 0. The maximum absolute atomic E-state index is 13.6. The average molecular weight is 869 g/mol. The van der Waals surface area contributed by atoms with E-state index >= 15 is 0 Å². The van der Waals surface area contributed by atoms with Gasteiger partial charge in [0.05, 0.1) is 19.8 Å². The number of ether oxygens (including phenoxy) is 1. The topological polar surface area (TPSA) is 135 Å². The van der Waals surface area contributed by atoms with Gasteiger partial charge in [0, 0.05) is 26.6 Å². The third-order valence-electron chi connectivity index (χ3n) is 11.5. The van der Waals surface area contributed by atoms with E-state index in [1.165, 1.54) is 96.3 Å². The molecule has 0 saturated heterocycles.